The number of carbonyl (C=O) groups is 1. The first-order valence-electron chi connectivity index (χ1n) is 10.4. The van der Waals surface area contributed by atoms with Crippen LogP contribution in [0.2, 0.25) is 0 Å². The number of fused-ring (bicyclic) bond motifs is 1. The number of carbonyl (C=O) groups excluding carboxylic acids is 1. The summed E-state index contributed by atoms with van der Waals surface area (Å²) >= 11 is 1.66. The van der Waals surface area contributed by atoms with Gasteiger partial charge in [0, 0.05) is 49.7 Å². The highest BCUT2D eigenvalue weighted by Gasteiger charge is 2.23. The van der Waals surface area contributed by atoms with Crippen molar-refractivity contribution in [1.82, 2.24) is 25.9 Å². The van der Waals surface area contributed by atoms with Gasteiger partial charge in [0.05, 0.1) is 16.7 Å². The molecular formula is C22H31Cl3N6OS. The quantitative estimate of drug-likeness (QED) is 0.444. The lowest BCUT2D eigenvalue weighted by atomic mass is 10.1. The number of anilines is 1. The van der Waals surface area contributed by atoms with Gasteiger partial charge in [0.25, 0.3) is 5.91 Å². The fourth-order valence-corrected chi connectivity index (χ4v) is 4.91. The fraction of sp³-hybridized carbons (Fsp3) is 0.409. The molecule has 7 nitrogen and oxygen atoms in total. The number of benzene rings is 1. The minimum Gasteiger partial charge on any atom is -0.355 e. The van der Waals surface area contributed by atoms with Gasteiger partial charge in [0.1, 0.15) is 0 Å². The molecule has 3 aromatic rings. The Morgan fingerprint density at radius 3 is 2.70 bits per heavy atom. The van der Waals surface area contributed by atoms with Crippen LogP contribution >= 0.6 is 48.6 Å². The molecule has 2 aromatic heterocycles. The van der Waals surface area contributed by atoms with Crippen molar-refractivity contribution in [3.8, 4) is 10.6 Å². The van der Waals surface area contributed by atoms with Crippen molar-refractivity contribution in [2.45, 2.75) is 26.4 Å². The SMILES string of the molecule is CCCN(c1ncc(C)c(-c2cc3ccc(C(=O)NC)cc3s2)n1)C1CNCCN1.Cl.Cl.Cl. The molecule has 1 saturated heterocycles. The monoisotopic (exact) mass is 532 g/mol. The molecule has 1 aromatic carbocycles. The van der Waals surface area contributed by atoms with Crippen LogP contribution in [-0.2, 0) is 0 Å². The average molecular weight is 534 g/mol. The predicted octanol–water partition coefficient (Wildman–Crippen LogP) is 4.03. The molecule has 11 heteroatoms. The summed E-state index contributed by atoms with van der Waals surface area (Å²) in [6.45, 7) is 7.91. The van der Waals surface area contributed by atoms with Gasteiger partial charge in [-0.2, -0.15) is 0 Å². The maximum Gasteiger partial charge on any atom is 0.251 e. The number of nitrogens with zero attached hydrogens (tertiary/aromatic N) is 3. The van der Waals surface area contributed by atoms with Crippen molar-refractivity contribution in [3.05, 3.63) is 41.6 Å². The Balaban J connectivity index is 0.00000181. The largest absolute Gasteiger partial charge is 0.355 e. The summed E-state index contributed by atoms with van der Waals surface area (Å²) in [5.74, 6) is 0.679. The van der Waals surface area contributed by atoms with Gasteiger partial charge in [-0.3, -0.25) is 10.1 Å². The first kappa shape index (κ1) is 29.4. The van der Waals surface area contributed by atoms with Crippen molar-refractivity contribution in [2.75, 3.05) is 38.1 Å². The van der Waals surface area contributed by atoms with Gasteiger partial charge in [0.2, 0.25) is 5.95 Å². The predicted molar refractivity (Wildman–Crippen MR) is 145 cm³/mol. The summed E-state index contributed by atoms with van der Waals surface area (Å²) in [6, 6.07) is 7.96. The lowest BCUT2D eigenvalue weighted by molar-refractivity contribution is 0.0963. The number of aryl methyl sites for hydroxylation is 1. The van der Waals surface area contributed by atoms with E-state index in [1.54, 1.807) is 18.4 Å². The van der Waals surface area contributed by atoms with E-state index in [2.05, 4.69) is 38.8 Å². The molecule has 0 radical (unpaired) electrons. The second-order valence-electron chi connectivity index (χ2n) is 7.51. The maximum absolute atomic E-state index is 12.0. The summed E-state index contributed by atoms with van der Waals surface area (Å²) in [7, 11) is 1.65. The van der Waals surface area contributed by atoms with Crippen molar-refractivity contribution in [2.24, 2.45) is 0 Å². The number of aromatic nitrogens is 2. The number of thiophene rings is 1. The number of piperazine rings is 1. The Morgan fingerprint density at radius 1 is 1.24 bits per heavy atom. The van der Waals surface area contributed by atoms with Crippen molar-refractivity contribution in [3.63, 3.8) is 0 Å². The van der Waals surface area contributed by atoms with Crippen molar-refractivity contribution >= 4 is 70.5 Å². The van der Waals surface area contributed by atoms with E-state index in [4.69, 9.17) is 4.98 Å². The molecule has 33 heavy (non-hydrogen) atoms. The molecule has 0 saturated carbocycles. The molecule has 1 amide bonds. The smallest absolute Gasteiger partial charge is 0.251 e. The number of halogens is 3. The third-order valence-corrected chi connectivity index (χ3v) is 6.42. The zero-order valence-electron chi connectivity index (χ0n) is 18.9. The average Bonchev–Trinajstić information content (AvgIpc) is 3.21. The van der Waals surface area contributed by atoms with E-state index in [1.807, 2.05) is 31.3 Å². The number of rotatable bonds is 6. The van der Waals surface area contributed by atoms with E-state index in [-0.39, 0.29) is 49.3 Å². The van der Waals surface area contributed by atoms with Gasteiger partial charge in [-0.25, -0.2) is 9.97 Å². The molecule has 1 fully saturated rings. The number of amides is 1. The molecule has 1 unspecified atom stereocenters. The van der Waals surface area contributed by atoms with Crippen LogP contribution in [0.5, 0.6) is 0 Å². The molecule has 0 spiro atoms. The van der Waals surface area contributed by atoms with Crippen LogP contribution in [-0.4, -0.2) is 55.3 Å². The second kappa shape index (κ2) is 13.3. The summed E-state index contributed by atoms with van der Waals surface area (Å²) in [6.07, 6.45) is 3.12. The molecule has 4 rings (SSSR count). The zero-order chi connectivity index (χ0) is 21.1. The molecular weight excluding hydrogens is 503 g/mol. The highest BCUT2D eigenvalue weighted by Crippen LogP contribution is 2.35. The standard InChI is InChI=1S/C22H28N6OS.3ClH/c1-4-9-28(19-13-24-7-8-25-19)22-26-12-14(2)20(27-22)18-10-15-5-6-16(21(29)23-3)11-17(15)30-18;;;/h5-6,10-12,19,24-25H,4,7-9,13H2,1-3H3,(H,23,29);3*1H. The number of hydrogen-bond acceptors (Lipinski definition) is 7. The highest BCUT2D eigenvalue weighted by molar-refractivity contribution is 7.22. The van der Waals surface area contributed by atoms with Crippen LogP contribution in [0.4, 0.5) is 5.95 Å². The van der Waals surface area contributed by atoms with Crippen LogP contribution in [0.25, 0.3) is 20.7 Å². The summed E-state index contributed by atoms with van der Waals surface area (Å²) < 4.78 is 1.08. The second-order valence-corrected chi connectivity index (χ2v) is 8.60. The van der Waals surface area contributed by atoms with Crippen LogP contribution in [0.1, 0.15) is 29.3 Å². The van der Waals surface area contributed by atoms with Crippen LogP contribution in [0.15, 0.2) is 30.5 Å². The summed E-state index contributed by atoms with van der Waals surface area (Å²) in [4.78, 5) is 25.0. The topological polar surface area (TPSA) is 82.2 Å². The maximum atomic E-state index is 12.0. The molecule has 182 valence electrons. The van der Waals surface area contributed by atoms with Gasteiger partial charge in [-0.15, -0.1) is 48.6 Å². The van der Waals surface area contributed by atoms with E-state index in [0.717, 1.165) is 64.8 Å². The van der Waals surface area contributed by atoms with Crippen molar-refractivity contribution < 1.29 is 4.79 Å². The molecule has 1 aliphatic heterocycles. The van der Waals surface area contributed by atoms with Crippen LogP contribution in [0.3, 0.4) is 0 Å². The van der Waals surface area contributed by atoms with E-state index in [0.29, 0.717) is 5.56 Å². The molecule has 1 atom stereocenters. The zero-order valence-corrected chi connectivity index (χ0v) is 22.1. The first-order chi connectivity index (χ1) is 14.6. The molecule has 0 aliphatic carbocycles. The third kappa shape index (κ3) is 6.47. The van der Waals surface area contributed by atoms with Gasteiger partial charge in [-0.05, 0) is 42.5 Å². The molecule has 3 N–H and O–H groups in total. The Morgan fingerprint density at radius 2 is 2.03 bits per heavy atom. The van der Waals surface area contributed by atoms with Gasteiger partial charge >= 0.3 is 0 Å². The van der Waals surface area contributed by atoms with Gasteiger partial charge in [0.15, 0.2) is 0 Å². The molecule has 0 bridgehead atoms. The molecule has 3 heterocycles. The Bertz CT molecular complexity index is 1060. The van der Waals surface area contributed by atoms with Crippen molar-refractivity contribution in [1.29, 1.82) is 0 Å². The number of nitrogens with one attached hydrogen (secondary N) is 3. The fourth-order valence-electron chi connectivity index (χ4n) is 3.75. The minimum absolute atomic E-state index is 0. The molecule has 1 aliphatic rings. The van der Waals surface area contributed by atoms with E-state index in [1.165, 1.54) is 0 Å². The Labute approximate surface area is 217 Å². The normalized spacial score (nSPS) is 15.1. The van der Waals surface area contributed by atoms with E-state index < -0.39 is 0 Å². The van der Waals surface area contributed by atoms with Crippen LogP contribution < -0.4 is 20.9 Å². The lowest BCUT2D eigenvalue weighted by Crippen LogP contribution is -2.58. The summed E-state index contributed by atoms with van der Waals surface area (Å²) in [5.41, 5.74) is 2.67. The van der Waals surface area contributed by atoms with Crippen LogP contribution in [0, 0.1) is 6.92 Å². The van der Waals surface area contributed by atoms with E-state index >= 15 is 0 Å². The van der Waals surface area contributed by atoms with Gasteiger partial charge in [-0.1, -0.05) is 13.0 Å². The third-order valence-electron chi connectivity index (χ3n) is 5.32. The highest BCUT2D eigenvalue weighted by atomic mass is 35.5. The van der Waals surface area contributed by atoms with E-state index in [9.17, 15) is 4.79 Å². The lowest BCUT2D eigenvalue weighted by Gasteiger charge is -2.35. The first-order valence-corrected chi connectivity index (χ1v) is 11.2. The Hall–Kier alpha value is -1.68. The summed E-state index contributed by atoms with van der Waals surface area (Å²) in [5, 5.41) is 10.8. The number of hydrogen-bond donors (Lipinski definition) is 3. The minimum atomic E-state index is -0.0730. The Kier molecular flexibility index (Phi) is 11.8. The van der Waals surface area contributed by atoms with Gasteiger partial charge < -0.3 is 15.5 Å².